The Labute approximate surface area is 153 Å². The lowest BCUT2D eigenvalue weighted by Gasteiger charge is -2.41. The second-order valence-electron chi connectivity index (χ2n) is 8.22. The maximum absolute atomic E-state index is 12.7. The maximum Gasteiger partial charge on any atom is 0.338 e. The molecule has 0 spiro atoms. The Morgan fingerprint density at radius 1 is 0.846 bits per heavy atom. The Hall–Kier alpha value is -1.47. The molecule has 2 unspecified atom stereocenters. The van der Waals surface area contributed by atoms with E-state index in [1.165, 1.54) is 0 Å². The maximum atomic E-state index is 12.7. The smallest absolute Gasteiger partial charge is 0.338 e. The third-order valence-corrected chi connectivity index (χ3v) is 5.26. The Kier molecular flexibility index (Phi) is 4.15. The molecule has 1 saturated carbocycles. The highest BCUT2D eigenvalue weighted by Crippen LogP contribution is 2.47. The van der Waals surface area contributed by atoms with Crippen LogP contribution in [0, 0.1) is 5.92 Å². The van der Waals surface area contributed by atoms with E-state index < -0.39 is 35.9 Å². The molecule has 4 rings (SSSR count). The highest BCUT2D eigenvalue weighted by molar-refractivity contribution is 5.89. The van der Waals surface area contributed by atoms with Crippen molar-refractivity contribution in [3.05, 3.63) is 35.9 Å². The molecule has 0 aromatic heterocycles. The first kappa shape index (κ1) is 17.9. The highest BCUT2D eigenvalue weighted by Gasteiger charge is 2.63. The summed E-state index contributed by atoms with van der Waals surface area (Å²) in [4.78, 5) is 12.7. The van der Waals surface area contributed by atoms with Crippen LogP contribution in [0.1, 0.15) is 45.0 Å². The van der Waals surface area contributed by atoms with Crippen LogP contribution >= 0.6 is 0 Å². The van der Waals surface area contributed by atoms with E-state index in [2.05, 4.69) is 6.92 Å². The highest BCUT2D eigenvalue weighted by atomic mass is 16.8. The lowest BCUT2D eigenvalue weighted by atomic mass is 9.79. The fraction of sp³-hybridized carbons (Fsp3) is 0.650. The summed E-state index contributed by atoms with van der Waals surface area (Å²) in [5.74, 6) is -1.82. The third kappa shape index (κ3) is 3.05. The van der Waals surface area contributed by atoms with Crippen molar-refractivity contribution in [3.8, 4) is 0 Å². The third-order valence-electron chi connectivity index (χ3n) is 5.26. The van der Waals surface area contributed by atoms with Gasteiger partial charge in [0, 0.05) is 5.92 Å². The van der Waals surface area contributed by atoms with Crippen molar-refractivity contribution >= 4 is 5.97 Å². The van der Waals surface area contributed by atoms with Gasteiger partial charge in [-0.2, -0.15) is 0 Å². The van der Waals surface area contributed by atoms with Crippen LogP contribution in [-0.2, 0) is 23.7 Å². The van der Waals surface area contributed by atoms with Crippen LogP contribution in [0.4, 0.5) is 0 Å². The Morgan fingerprint density at radius 3 is 1.81 bits per heavy atom. The quantitative estimate of drug-likeness (QED) is 0.754. The van der Waals surface area contributed by atoms with Crippen LogP contribution in [0.3, 0.4) is 0 Å². The van der Waals surface area contributed by atoms with Crippen LogP contribution < -0.4 is 0 Å². The van der Waals surface area contributed by atoms with Crippen LogP contribution in [0.5, 0.6) is 0 Å². The Bertz CT molecular complexity index is 653. The van der Waals surface area contributed by atoms with E-state index in [4.69, 9.17) is 23.7 Å². The first-order chi connectivity index (χ1) is 12.2. The molecule has 1 aliphatic carbocycles. The number of ether oxygens (including phenoxy) is 5. The summed E-state index contributed by atoms with van der Waals surface area (Å²) in [6, 6.07) is 8.94. The number of carbonyl (C=O) groups is 1. The number of fused-ring (bicyclic) bond motifs is 2. The van der Waals surface area contributed by atoms with E-state index in [0.29, 0.717) is 5.56 Å². The number of carbonyl (C=O) groups excluding carboxylic acids is 1. The number of hydrogen-bond donors (Lipinski definition) is 0. The van der Waals surface area contributed by atoms with Gasteiger partial charge in [-0.3, -0.25) is 0 Å². The first-order valence-electron chi connectivity index (χ1n) is 9.14. The van der Waals surface area contributed by atoms with Gasteiger partial charge in [-0.1, -0.05) is 25.1 Å². The minimum Gasteiger partial charge on any atom is -0.453 e. The molecule has 26 heavy (non-hydrogen) atoms. The second kappa shape index (κ2) is 6.02. The van der Waals surface area contributed by atoms with Crippen LogP contribution in [0.25, 0.3) is 0 Å². The Balaban J connectivity index is 1.64. The second-order valence-corrected chi connectivity index (χ2v) is 8.22. The van der Waals surface area contributed by atoms with E-state index in [1.807, 2.05) is 45.9 Å². The fourth-order valence-electron chi connectivity index (χ4n) is 4.23. The van der Waals surface area contributed by atoms with Crippen molar-refractivity contribution in [1.29, 1.82) is 0 Å². The molecule has 6 atom stereocenters. The number of esters is 1. The van der Waals surface area contributed by atoms with Crippen molar-refractivity contribution in [1.82, 2.24) is 0 Å². The average molecular weight is 362 g/mol. The summed E-state index contributed by atoms with van der Waals surface area (Å²) >= 11 is 0. The predicted octanol–water partition coefficient (Wildman–Crippen LogP) is 2.90. The molecule has 1 aromatic rings. The molecule has 0 N–H and O–H groups in total. The summed E-state index contributed by atoms with van der Waals surface area (Å²) in [6.07, 6.45) is -1.84. The number of benzene rings is 1. The summed E-state index contributed by atoms with van der Waals surface area (Å²) in [5, 5.41) is 0. The van der Waals surface area contributed by atoms with Gasteiger partial charge in [-0.25, -0.2) is 4.79 Å². The first-order valence-corrected chi connectivity index (χ1v) is 9.14. The van der Waals surface area contributed by atoms with Gasteiger partial charge in [0.05, 0.1) is 17.8 Å². The van der Waals surface area contributed by atoms with Gasteiger partial charge in [0.25, 0.3) is 0 Å². The normalized spacial score (nSPS) is 39.9. The summed E-state index contributed by atoms with van der Waals surface area (Å²) in [7, 11) is 0. The minimum absolute atomic E-state index is 0.0558. The van der Waals surface area contributed by atoms with Gasteiger partial charge in [0.1, 0.15) is 12.2 Å². The van der Waals surface area contributed by atoms with Crippen LogP contribution in [0.15, 0.2) is 30.3 Å². The average Bonchev–Trinajstić information content (AvgIpc) is 3.08. The number of hydrogen-bond acceptors (Lipinski definition) is 6. The standard InChI is InChI=1S/C20H26O6/c1-11-13-16(25-19(2,3)23-13)15(17-14(11)24-20(4,5)26-17)22-18(21)12-9-7-6-8-10-12/h6-11,13-17H,1-5H3/t11?,13-,14+,15?,16+,17-. The van der Waals surface area contributed by atoms with Crippen molar-refractivity contribution < 1.29 is 28.5 Å². The molecule has 142 valence electrons. The fourth-order valence-corrected chi connectivity index (χ4v) is 4.23. The lowest BCUT2D eigenvalue weighted by Crippen LogP contribution is -2.59. The molecule has 6 heteroatoms. The molecule has 1 aromatic carbocycles. The zero-order chi connectivity index (χ0) is 18.7. The van der Waals surface area contributed by atoms with Gasteiger partial charge >= 0.3 is 5.97 Å². The van der Waals surface area contributed by atoms with Crippen LogP contribution in [0.2, 0.25) is 0 Å². The van der Waals surface area contributed by atoms with Gasteiger partial charge < -0.3 is 23.7 Å². The minimum atomic E-state index is -0.741. The topological polar surface area (TPSA) is 63.2 Å². The van der Waals surface area contributed by atoms with Crippen LogP contribution in [-0.4, -0.2) is 48.1 Å². The Morgan fingerprint density at radius 2 is 1.31 bits per heavy atom. The molecule has 2 heterocycles. The van der Waals surface area contributed by atoms with Crippen molar-refractivity contribution in [2.75, 3.05) is 0 Å². The van der Waals surface area contributed by atoms with E-state index in [9.17, 15) is 4.79 Å². The SMILES string of the molecule is CC1[C@H]2OC(C)(C)O[C@@H]2C(OC(=O)c2ccccc2)[C@@H]2OC(C)(C)O[C@@H]12. The molecule has 0 bridgehead atoms. The van der Waals surface area contributed by atoms with Crippen molar-refractivity contribution in [2.45, 2.75) is 76.7 Å². The molecule has 3 fully saturated rings. The molecule has 2 aliphatic heterocycles. The van der Waals surface area contributed by atoms with E-state index >= 15 is 0 Å². The molecule has 0 radical (unpaired) electrons. The van der Waals surface area contributed by atoms with E-state index in [-0.39, 0.29) is 18.1 Å². The largest absolute Gasteiger partial charge is 0.453 e. The molecule has 3 aliphatic rings. The van der Waals surface area contributed by atoms with Gasteiger partial charge in [-0.15, -0.1) is 0 Å². The monoisotopic (exact) mass is 362 g/mol. The zero-order valence-electron chi connectivity index (χ0n) is 15.8. The lowest BCUT2D eigenvalue weighted by molar-refractivity contribution is -0.181. The van der Waals surface area contributed by atoms with Crippen molar-refractivity contribution in [3.63, 3.8) is 0 Å². The molecular formula is C20H26O6. The summed E-state index contributed by atoms with van der Waals surface area (Å²) < 4.78 is 30.3. The zero-order valence-corrected chi connectivity index (χ0v) is 15.8. The van der Waals surface area contributed by atoms with Gasteiger partial charge in [-0.05, 0) is 39.8 Å². The van der Waals surface area contributed by atoms with E-state index in [1.54, 1.807) is 12.1 Å². The van der Waals surface area contributed by atoms with Crippen molar-refractivity contribution in [2.24, 2.45) is 5.92 Å². The molecular weight excluding hydrogens is 336 g/mol. The number of rotatable bonds is 2. The predicted molar refractivity (Wildman–Crippen MR) is 92.5 cm³/mol. The molecule has 6 nitrogen and oxygen atoms in total. The summed E-state index contributed by atoms with van der Waals surface area (Å²) in [5.41, 5.74) is 0.496. The van der Waals surface area contributed by atoms with Gasteiger partial charge in [0.2, 0.25) is 0 Å². The van der Waals surface area contributed by atoms with Gasteiger partial charge in [0.15, 0.2) is 17.7 Å². The molecule has 0 amide bonds. The summed E-state index contributed by atoms with van der Waals surface area (Å²) in [6.45, 7) is 9.55. The molecule has 2 saturated heterocycles. The van der Waals surface area contributed by atoms with E-state index in [0.717, 1.165) is 0 Å².